The van der Waals surface area contributed by atoms with E-state index in [2.05, 4.69) is 17.5 Å². The zero-order valence-corrected chi connectivity index (χ0v) is 11.8. The minimum Gasteiger partial charge on any atom is -0.481 e. The number of rotatable bonds is 6. The predicted octanol–water partition coefficient (Wildman–Crippen LogP) is 3.93. The summed E-state index contributed by atoms with van der Waals surface area (Å²) >= 11 is 1.66. The number of carboxylic acids is 1. The van der Waals surface area contributed by atoms with Gasteiger partial charge in [0, 0.05) is 0 Å². The lowest BCUT2D eigenvalue weighted by Crippen LogP contribution is -2.17. The molecule has 0 saturated heterocycles. The van der Waals surface area contributed by atoms with E-state index in [0.717, 1.165) is 12.0 Å². The molecule has 2 rings (SSSR count). The molecule has 0 saturated carbocycles. The minimum atomic E-state index is -0.697. The maximum absolute atomic E-state index is 11.4. The molecule has 0 fully saturated rings. The molecule has 0 aliphatic heterocycles. The normalized spacial score (nSPS) is 12.3. The maximum atomic E-state index is 11.4. The fourth-order valence-corrected chi connectivity index (χ4v) is 2.92. The lowest BCUT2D eigenvalue weighted by atomic mass is 9.93. The van der Waals surface area contributed by atoms with Crippen LogP contribution in [-0.4, -0.2) is 11.1 Å². The van der Waals surface area contributed by atoms with Crippen LogP contribution in [-0.2, 0) is 17.6 Å². The standard InChI is InChI=1S/C16H18O2S/c1-12-3-2-4-14(9-12)10-15(16(17)18)6-5-13-7-8-19-11-13/h2-4,7-9,11,15H,5-6,10H2,1H3,(H,17,18). The smallest absolute Gasteiger partial charge is 0.306 e. The van der Waals surface area contributed by atoms with E-state index in [0.29, 0.717) is 12.8 Å². The molecule has 1 aromatic heterocycles. The lowest BCUT2D eigenvalue weighted by molar-refractivity contribution is -0.141. The summed E-state index contributed by atoms with van der Waals surface area (Å²) in [6, 6.07) is 10.2. The van der Waals surface area contributed by atoms with Gasteiger partial charge in [-0.3, -0.25) is 4.79 Å². The van der Waals surface area contributed by atoms with Gasteiger partial charge in [0.25, 0.3) is 0 Å². The molecule has 2 nitrogen and oxygen atoms in total. The second-order valence-corrected chi connectivity index (χ2v) is 5.68. The molecule has 0 aliphatic carbocycles. The van der Waals surface area contributed by atoms with Crippen LogP contribution in [0, 0.1) is 12.8 Å². The fraction of sp³-hybridized carbons (Fsp3) is 0.312. The monoisotopic (exact) mass is 274 g/mol. The van der Waals surface area contributed by atoms with Crippen LogP contribution in [0.3, 0.4) is 0 Å². The first-order chi connectivity index (χ1) is 9.15. The van der Waals surface area contributed by atoms with Gasteiger partial charge in [-0.1, -0.05) is 29.8 Å². The first-order valence-corrected chi connectivity index (χ1v) is 7.39. The van der Waals surface area contributed by atoms with Crippen molar-refractivity contribution in [3.63, 3.8) is 0 Å². The largest absolute Gasteiger partial charge is 0.481 e. The van der Waals surface area contributed by atoms with Crippen molar-refractivity contribution in [2.75, 3.05) is 0 Å². The Labute approximate surface area is 117 Å². The Balaban J connectivity index is 1.98. The van der Waals surface area contributed by atoms with Gasteiger partial charge in [-0.25, -0.2) is 0 Å². The van der Waals surface area contributed by atoms with Crippen molar-refractivity contribution in [2.24, 2.45) is 5.92 Å². The van der Waals surface area contributed by atoms with Gasteiger partial charge in [0.05, 0.1) is 5.92 Å². The van der Waals surface area contributed by atoms with Gasteiger partial charge in [0.1, 0.15) is 0 Å². The Bertz CT molecular complexity index is 531. The molecule has 0 spiro atoms. The third-order valence-electron chi connectivity index (χ3n) is 3.28. The summed E-state index contributed by atoms with van der Waals surface area (Å²) < 4.78 is 0. The van der Waals surface area contributed by atoms with Gasteiger partial charge in [-0.05, 0) is 54.1 Å². The molecule has 1 unspecified atom stereocenters. The third kappa shape index (κ3) is 4.21. The van der Waals surface area contributed by atoms with E-state index in [4.69, 9.17) is 0 Å². The van der Waals surface area contributed by atoms with Crippen molar-refractivity contribution in [3.05, 3.63) is 57.8 Å². The molecule has 1 heterocycles. The molecule has 1 N–H and O–H groups in total. The van der Waals surface area contributed by atoms with Crippen molar-refractivity contribution in [1.29, 1.82) is 0 Å². The fourth-order valence-electron chi connectivity index (χ4n) is 2.21. The number of aliphatic carboxylic acids is 1. The lowest BCUT2D eigenvalue weighted by Gasteiger charge is -2.12. The summed E-state index contributed by atoms with van der Waals surface area (Å²) in [5, 5.41) is 13.5. The van der Waals surface area contributed by atoms with Gasteiger partial charge < -0.3 is 5.11 Å². The number of hydrogen-bond acceptors (Lipinski definition) is 2. The van der Waals surface area contributed by atoms with Crippen molar-refractivity contribution in [1.82, 2.24) is 0 Å². The Morgan fingerprint density at radius 1 is 1.32 bits per heavy atom. The number of carboxylic acid groups (broad SMARTS) is 1. The van der Waals surface area contributed by atoms with Crippen molar-refractivity contribution >= 4 is 17.3 Å². The molecule has 2 aromatic rings. The highest BCUT2D eigenvalue weighted by Gasteiger charge is 2.18. The summed E-state index contributed by atoms with van der Waals surface area (Å²) in [5.41, 5.74) is 3.53. The second-order valence-electron chi connectivity index (χ2n) is 4.90. The van der Waals surface area contributed by atoms with Crippen LogP contribution >= 0.6 is 11.3 Å². The highest BCUT2D eigenvalue weighted by Crippen LogP contribution is 2.18. The Hall–Kier alpha value is -1.61. The van der Waals surface area contributed by atoms with Gasteiger partial charge in [-0.15, -0.1) is 0 Å². The van der Waals surface area contributed by atoms with E-state index in [1.165, 1.54) is 11.1 Å². The minimum absolute atomic E-state index is 0.304. The van der Waals surface area contributed by atoms with Gasteiger partial charge in [0.2, 0.25) is 0 Å². The highest BCUT2D eigenvalue weighted by atomic mass is 32.1. The van der Waals surface area contributed by atoms with Crippen LogP contribution in [0.5, 0.6) is 0 Å². The van der Waals surface area contributed by atoms with Gasteiger partial charge in [-0.2, -0.15) is 11.3 Å². The molecular weight excluding hydrogens is 256 g/mol. The second kappa shape index (κ2) is 6.53. The third-order valence-corrected chi connectivity index (χ3v) is 4.01. The van der Waals surface area contributed by atoms with Crippen LogP contribution in [0.1, 0.15) is 23.1 Å². The highest BCUT2D eigenvalue weighted by molar-refractivity contribution is 7.07. The zero-order chi connectivity index (χ0) is 13.7. The molecule has 0 aliphatic rings. The Morgan fingerprint density at radius 3 is 2.79 bits per heavy atom. The van der Waals surface area contributed by atoms with E-state index in [1.54, 1.807) is 11.3 Å². The summed E-state index contributed by atoms with van der Waals surface area (Å²) in [5.74, 6) is -1.00. The number of carbonyl (C=O) groups is 1. The predicted molar refractivity (Wildman–Crippen MR) is 78.6 cm³/mol. The number of aryl methyl sites for hydroxylation is 2. The summed E-state index contributed by atoms with van der Waals surface area (Å²) in [6.07, 6.45) is 2.15. The summed E-state index contributed by atoms with van der Waals surface area (Å²) in [7, 11) is 0. The average Bonchev–Trinajstić information content (AvgIpc) is 2.87. The van der Waals surface area contributed by atoms with Crippen molar-refractivity contribution in [3.8, 4) is 0 Å². The molecule has 0 radical (unpaired) electrons. The molecule has 0 bridgehead atoms. The molecular formula is C16H18O2S. The molecule has 3 heteroatoms. The Morgan fingerprint density at radius 2 is 2.16 bits per heavy atom. The first-order valence-electron chi connectivity index (χ1n) is 6.44. The van der Waals surface area contributed by atoms with Crippen molar-refractivity contribution in [2.45, 2.75) is 26.2 Å². The van der Waals surface area contributed by atoms with Crippen LogP contribution in [0.4, 0.5) is 0 Å². The van der Waals surface area contributed by atoms with Gasteiger partial charge >= 0.3 is 5.97 Å². The van der Waals surface area contributed by atoms with E-state index < -0.39 is 5.97 Å². The van der Waals surface area contributed by atoms with E-state index in [9.17, 15) is 9.90 Å². The molecule has 1 aromatic carbocycles. The molecule has 100 valence electrons. The maximum Gasteiger partial charge on any atom is 0.306 e. The summed E-state index contributed by atoms with van der Waals surface area (Å²) in [4.78, 5) is 11.4. The molecule has 19 heavy (non-hydrogen) atoms. The summed E-state index contributed by atoms with van der Waals surface area (Å²) in [6.45, 7) is 2.03. The number of benzene rings is 1. The number of hydrogen-bond donors (Lipinski definition) is 1. The average molecular weight is 274 g/mol. The van der Waals surface area contributed by atoms with Crippen LogP contribution in [0.2, 0.25) is 0 Å². The van der Waals surface area contributed by atoms with Crippen LogP contribution in [0.15, 0.2) is 41.1 Å². The molecule has 0 amide bonds. The zero-order valence-electron chi connectivity index (χ0n) is 11.0. The number of thiophene rings is 1. The van der Waals surface area contributed by atoms with Crippen LogP contribution in [0.25, 0.3) is 0 Å². The van der Waals surface area contributed by atoms with E-state index in [1.807, 2.05) is 30.5 Å². The van der Waals surface area contributed by atoms with E-state index >= 15 is 0 Å². The van der Waals surface area contributed by atoms with Gasteiger partial charge in [0.15, 0.2) is 0 Å². The van der Waals surface area contributed by atoms with Crippen LogP contribution < -0.4 is 0 Å². The first kappa shape index (κ1) is 13.8. The Kier molecular flexibility index (Phi) is 4.74. The SMILES string of the molecule is Cc1cccc(CC(CCc2ccsc2)C(=O)O)c1. The van der Waals surface area contributed by atoms with Crippen molar-refractivity contribution < 1.29 is 9.90 Å². The topological polar surface area (TPSA) is 37.3 Å². The van der Waals surface area contributed by atoms with E-state index in [-0.39, 0.29) is 5.92 Å². The quantitative estimate of drug-likeness (QED) is 0.866. The molecule has 1 atom stereocenters.